The van der Waals surface area contributed by atoms with Gasteiger partial charge in [0.1, 0.15) is 5.82 Å². The molecule has 0 spiro atoms. The maximum atomic E-state index is 4.77. The molecule has 0 amide bonds. The summed E-state index contributed by atoms with van der Waals surface area (Å²) < 4.78 is 2.01. The summed E-state index contributed by atoms with van der Waals surface area (Å²) >= 11 is 0. The first-order chi connectivity index (χ1) is 11.3. The number of anilines is 1. The van der Waals surface area contributed by atoms with Gasteiger partial charge in [-0.25, -0.2) is 9.38 Å². The smallest absolute Gasteiger partial charge is 0.210 e. The normalized spacial score (nSPS) is 15.1. The highest BCUT2D eigenvalue weighted by Crippen LogP contribution is 2.23. The van der Waals surface area contributed by atoms with Gasteiger partial charge in [0, 0.05) is 11.9 Å². The van der Waals surface area contributed by atoms with E-state index in [4.69, 9.17) is 4.98 Å². The molecule has 0 atom stereocenters. The second-order valence-corrected chi connectivity index (χ2v) is 6.14. The predicted molar refractivity (Wildman–Crippen MR) is 92.7 cm³/mol. The van der Waals surface area contributed by atoms with Crippen molar-refractivity contribution in [1.29, 1.82) is 0 Å². The molecule has 4 rings (SSSR count). The maximum Gasteiger partial charge on any atom is 0.210 e. The van der Waals surface area contributed by atoms with Crippen molar-refractivity contribution in [1.82, 2.24) is 19.6 Å². The molecule has 1 aromatic carbocycles. The van der Waals surface area contributed by atoms with Crippen LogP contribution >= 0.6 is 0 Å². The number of para-hydroxylation sites is 1. The molecule has 1 aliphatic rings. The van der Waals surface area contributed by atoms with Crippen molar-refractivity contribution < 1.29 is 0 Å². The van der Waals surface area contributed by atoms with Gasteiger partial charge in [0.25, 0.3) is 0 Å². The minimum atomic E-state index is 0.831. The largest absolute Gasteiger partial charge is 0.355 e. The Labute approximate surface area is 135 Å². The zero-order valence-corrected chi connectivity index (χ0v) is 13.4. The summed E-state index contributed by atoms with van der Waals surface area (Å²) in [5.74, 6) is 1.69. The number of hydrogen-bond donors (Lipinski definition) is 1. The molecule has 0 radical (unpaired) electrons. The monoisotopic (exact) mass is 307 g/mol. The summed E-state index contributed by atoms with van der Waals surface area (Å²) in [6.45, 7) is 2.86. The number of aromatic nitrogens is 4. The second kappa shape index (κ2) is 5.99. The molecule has 0 fully saturated rings. The maximum absolute atomic E-state index is 4.77. The minimum absolute atomic E-state index is 0.831. The van der Waals surface area contributed by atoms with Gasteiger partial charge in [0.2, 0.25) is 5.95 Å². The Morgan fingerprint density at radius 1 is 1.17 bits per heavy atom. The van der Waals surface area contributed by atoms with Gasteiger partial charge in [-0.05, 0) is 51.2 Å². The molecule has 2 aromatic heterocycles. The molecule has 0 unspecified atom stereocenters. The van der Waals surface area contributed by atoms with Crippen molar-refractivity contribution in [2.45, 2.75) is 39.0 Å². The van der Waals surface area contributed by atoms with Crippen LogP contribution < -0.4 is 5.32 Å². The van der Waals surface area contributed by atoms with Gasteiger partial charge in [-0.3, -0.25) is 0 Å². The van der Waals surface area contributed by atoms with Crippen LogP contribution in [-0.2, 0) is 0 Å². The van der Waals surface area contributed by atoms with Gasteiger partial charge in [0.15, 0.2) is 5.65 Å². The van der Waals surface area contributed by atoms with Crippen molar-refractivity contribution in [3.05, 3.63) is 41.7 Å². The van der Waals surface area contributed by atoms with Crippen molar-refractivity contribution in [2.24, 2.45) is 0 Å². The third-order valence-electron chi connectivity index (χ3n) is 4.52. The predicted octanol–water partition coefficient (Wildman–Crippen LogP) is 3.89. The second-order valence-electron chi connectivity index (χ2n) is 6.14. The summed E-state index contributed by atoms with van der Waals surface area (Å²) in [5.41, 5.74) is 3.39. The van der Waals surface area contributed by atoms with Crippen LogP contribution in [0.2, 0.25) is 0 Å². The fourth-order valence-electron chi connectivity index (χ4n) is 3.30. The Morgan fingerprint density at radius 3 is 2.96 bits per heavy atom. The fraction of sp³-hybridized carbons (Fsp3) is 0.389. The van der Waals surface area contributed by atoms with Gasteiger partial charge in [-0.1, -0.05) is 23.8 Å². The summed E-state index contributed by atoms with van der Waals surface area (Å²) in [6, 6.07) is 8.08. The number of aryl methyl sites for hydroxylation is 1. The van der Waals surface area contributed by atoms with Crippen LogP contribution in [0, 0.1) is 6.92 Å². The quantitative estimate of drug-likeness (QED) is 0.743. The fourth-order valence-corrected chi connectivity index (χ4v) is 3.30. The van der Waals surface area contributed by atoms with Crippen molar-refractivity contribution in [3.63, 3.8) is 0 Å². The Hall–Kier alpha value is -2.43. The first-order valence-electron chi connectivity index (χ1n) is 8.35. The topological polar surface area (TPSA) is 55.1 Å². The molecule has 2 heterocycles. The van der Waals surface area contributed by atoms with Gasteiger partial charge in [-0.2, -0.15) is 0 Å². The van der Waals surface area contributed by atoms with E-state index >= 15 is 0 Å². The average molecular weight is 307 g/mol. The summed E-state index contributed by atoms with van der Waals surface area (Å²) in [5, 5.41) is 13.1. The molecular formula is C18H21N5. The van der Waals surface area contributed by atoms with Gasteiger partial charge in [-0.15, -0.1) is 10.2 Å². The first kappa shape index (κ1) is 14.2. The van der Waals surface area contributed by atoms with E-state index in [0.717, 1.165) is 41.3 Å². The van der Waals surface area contributed by atoms with Crippen LogP contribution in [0.25, 0.3) is 16.6 Å². The number of nitrogens with one attached hydrogen (secondary N) is 1. The molecule has 0 saturated carbocycles. The average Bonchev–Trinajstić information content (AvgIpc) is 2.98. The highest BCUT2D eigenvalue weighted by atomic mass is 15.3. The molecule has 3 aromatic rings. The number of rotatable bonds is 4. The van der Waals surface area contributed by atoms with Crippen LogP contribution in [0.3, 0.4) is 0 Å². The Kier molecular flexibility index (Phi) is 3.69. The number of benzene rings is 1. The summed E-state index contributed by atoms with van der Waals surface area (Å²) in [7, 11) is 0. The number of fused-ring (bicyclic) bond motifs is 3. The molecule has 1 N–H and O–H groups in total. The molecule has 0 saturated heterocycles. The van der Waals surface area contributed by atoms with Gasteiger partial charge < -0.3 is 5.32 Å². The third-order valence-corrected chi connectivity index (χ3v) is 4.52. The van der Waals surface area contributed by atoms with E-state index in [-0.39, 0.29) is 0 Å². The Balaban J connectivity index is 1.65. The molecule has 5 nitrogen and oxygen atoms in total. The lowest BCUT2D eigenvalue weighted by molar-refractivity contribution is 0.679. The van der Waals surface area contributed by atoms with E-state index in [1.165, 1.54) is 25.7 Å². The Morgan fingerprint density at radius 2 is 2.09 bits per heavy atom. The van der Waals surface area contributed by atoms with E-state index in [2.05, 4.69) is 21.6 Å². The zero-order valence-electron chi connectivity index (χ0n) is 13.4. The van der Waals surface area contributed by atoms with E-state index in [0.29, 0.717) is 0 Å². The van der Waals surface area contributed by atoms with Crippen LogP contribution in [-0.4, -0.2) is 26.1 Å². The molecule has 1 aliphatic carbocycles. The standard InChI is InChI=1S/C18H21N5/c1-13-21-22-17-15-9-5-6-10-16(15)20-18(23(13)17)19-12-11-14-7-3-2-4-8-14/h5-7,9-10H,2-4,8,11-12H2,1H3,(H,19,20). The molecule has 0 bridgehead atoms. The van der Waals surface area contributed by atoms with Crippen LogP contribution in [0.4, 0.5) is 5.95 Å². The number of hydrogen-bond acceptors (Lipinski definition) is 4. The number of nitrogens with zero attached hydrogens (tertiary/aromatic N) is 4. The highest BCUT2D eigenvalue weighted by molar-refractivity contribution is 5.92. The van der Waals surface area contributed by atoms with Gasteiger partial charge >= 0.3 is 0 Å². The van der Waals surface area contributed by atoms with E-state index in [1.54, 1.807) is 5.57 Å². The minimum Gasteiger partial charge on any atom is -0.355 e. The van der Waals surface area contributed by atoms with Crippen LogP contribution in [0.5, 0.6) is 0 Å². The first-order valence-corrected chi connectivity index (χ1v) is 8.35. The van der Waals surface area contributed by atoms with Gasteiger partial charge in [0.05, 0.1) is 5.52 Å². The van der Waals surface area contributed by atoms with E-state index < -0.39 is 0 Å². The highest BCUT2D eigenvalue weighted by Gasteiger charge is 2.12. The summed E-state index contributed by atoms with van der Waals surface area (Å²) in [6.07, 6.45) is 8.63. The van der Waals surface area contributed by atoms with Crippen LogP contribution in [0.15, 0.2) is 35.9 Å². The lowest BCUT2D eigenvalue weighted by atomic mass is 9.97. The molecule has 5 heteroatoms. The Bertz CT molecular complexity index is 878. The summed E-state index contributed by atoms with van der Waals surface area (Å²) in [4.78, 5) is 4.77. The van der Waals surface area contributed by atoms with Crippen molar-refractivity contribution in [3.8, 4) is 0 Å². The zero-order chi connectivity index (χ0) is 15.6. The third kappa shape index (κ3) is 2.67. The molecule has 23 heavy (non-hydrogen) atoms. The molecule has 0 aliphatic heterocycles. The van der Waals surface area contributed by atoms with Crippen LogP contribution in [0.1, 0.15) is 37.9 Å². The molecular weight excluding hydrogens is 286 g/mol. The number of allylic oxidation sites excluding steroid dienone is 1. The SMILES string of the molecule is Cc1nnc2c3ccccc3nc(NCCC3=CCCCC3)n12. The van der Waals surface area contributed by atoms with E-state index in [9.17, 15) is 0 Å². The van der Waals surface area contributed by atoms with Crippen molar-refractivity contribution in [2.75, 3.05) is 11.9 Å². The lowest BCUT2D eigenvalue weighted by Crippen LogP contribution is -2.10. The van der Waals surface area contributed by atoms with Crippen molar-refractivity contribution >= 4 is 22.5 Å². The molecule has 118 valence electrons. The lowest BCUT2D eigenvalue weighted by Gasteiger charge is -2.14. The van der Waals surface area contributed by atoms with E-state index in [1.807, 2.05) is 35.6 Å².